The molecular weight excluding hydrogens is 471 g/mol. The molecule has 5 rings (SSSR count). The van der Waals surface area contributed by atoms with Gasteiger partial charge in [-0.3, -0.25) is 0 Å². The lowest BCUT2D eigenvalue weighted by Crippen LogP contribution is -2.48. The minimum Gasteiger partial charge on any atom is -0.496 e. The highest BCUT2D eigenvalue weighted by atomic mass is 35.5. The summed E-state index contributed by atoms with van der Waals surface area (Å²) in [6.45, 7) is 1.36. The van der Waals surface area contributed by atoms with Crippen molar-refractivity contribution in [2.24, 2.45) is 0 Å². The highest BCUT2D eigenvalue weighted by Crippen LogP contribution is 2.49. The number of benzene rings is 2. The molecule has 1 aromatic heterocycles. The molecule has 2 fully saturated rings. The molecule has 2 saturated heterocycles. The summed E-state index contributed by atoms with van der Waals surface area (Å²) in [6.07, 6.45) is -2.04. The maximum Gasteiger partial charge on any atom is 0.453 e. The predicted molar refractivity (Wildman–Crippen MR) is 120 cm³/mol. The largest absolute Gasteiger partial charge is 0.496 e. The van der Waals surface area contributed by atoms with Crippen LogP contribution in [-0.4, -0.2) is 46.1 Å². The quantitative estimate of drug-likeness (QED) is 0.575. The van der Waals surface area contributed by atoms with Crippen molar-refractivity contribution in [3.63, 3.8) is 0 Å². The molecule has 7 nitrogen and oxygen atoms in total. The molecular formula is C23H25ClF3N5O2. The highest BCUT2D eigenvalue weighted by molar-refractivity contribution is 5.85. The summed E-state index contributed by atoms with van der Waals surface area (Å²) in [6, 6.07) is 15.1. The van der Waals surface area contributed by atoms with Gasteiger partial charge in [0.25, 0.3) is 5.82 Å². The van der Waals surface area contributed by atoms with Gasteiger partial charge in [-0.05, 0) is 60.0 Å². The van der Waals surface area contributed by atoms with Gasteiger partial charge in [0.1, 0.15) is 5.75 Å². The van der Waals surface area contributed by atoms with Gasteiger partial charge in [0, 0.05) is 11.5 Å². The van der Waals surface area contributed by atoms with E-state index in [2.05, 4.69) is 33.0 Å². The van der Waals surface area contributed by atoms with Crippen molar-refractivity contribution >= 4 is 12.4 Å². The van der Waals surface area contributed by atoms with Gasteiger partial charge in [0.2, 0.25) is 0 Å². The molecule has 1 N–H and O–H groups in total. The summed E-state index contributed by atoms with van der Waals surface area (Å²) in [5.74, 6) is -0.610. The van der Waals surface area contributed by atoms with Crippen LogP contribution in [0, 0.1) is 0 Å². The molecule has 0 radical (unpaired) electrons. The zero-order valence-corrected chi connectivity index (χ0v) is 19.3. The van der Waals surface area contributed by atoms with E-state index in [9.17, 15) is 13.2 Å². The van der Waals surface area contributed by atoms with Crippen LogP contribution in [0.1, 0.15) is 48.2 Å². The molecule has 0 unspecified atom stereocenters. The molecule has 0 aliphatic carbocycles. The molecule has 0 saturated carbocycles. The number of halogens is 4. The van der Waals surface area contributed by atoms with Gasteiger partial charge in [0.15, 0.2) is 0 Å². The van der Waals surface area contributed by atoms with Gasteiger partial charge >= 0.3 is 6.18 Å². The fraction of sp³-hybridized carbons (Fsp3) is 0.435. The molecule has 11 heteroatoms. The zero-order valence-electron chi connectivity index (χ0n) is 18.5. The van der Waals surface area contributed by atoms with Gasteiger partial charge in [-0.15, -0.1) is 17.5 Å². The van der Waals surface area contributed by atoms with E-state index in [4.69, 9.17) is 9.47 Å². The van der Waals surface area contributed by atoms with Crippen molar-refractivity contribution in [2.45, 2.75) is 43.0 Å². The number of hydrogen-bond donors (Lipinski definition) is 1. The average molecular weight is 496 g/mol. The van der Waals surface area contributed by atoms with E-state index >= 15 is 0 Å². The minimum absolute atomic E-state index is 0. The number of piperidine rings is 1. The van der Waals surface area contributed by atoms with E-state index in [1.807, 2.05) is 18.2 Å². The van der Waals surface area contributed by atoms with Crippen molar-refractivity contribution in [2.75, 3.05) is 20.3 Å². The molecule has 34 heavy (non-hydrogen) atoms. The van der Waals surface area contributed by atoms with Gasteiger partial charge in [0.05, 0.1) is 31.0 Å². The Labute approximate surface area is 201 Å². The van der Waals surface area contributed by atoms with Gasteiger partial charge < -0.3 is 14.8 Å². The second-order valence-electron chi connectivity index (χ2n) is 8.52. The lowest BCUT2D eigenvalue weighted by atomic mass is 9.77. The number of rotatable bonds is 4. The van der Waals surface area contributed by atoms with E-state index in [0.717, 1.165) is 31.4 Å². The number of nitrogens with one attached hydrogen (secondary N) is 1. The first-order valence-electron chi connectivity index (χ1n) is 10.9. The van der Waals surface area contributed by atoms with Crippen LogP contribution in [0.25, 0.3) is 5.69 Å². The van der Waals surface area contributed by atoms with Gasteiger partial charge in [-0.25, -0.2) is 0 Å². The Bertz CT molecular complexity index is 1130. The van der Waals surface area contributed by atoms with E-state index in [-0.39, 0.29) is 30.1 Å². The van der Waals surface area contributed by atoms with Crippen molar-refractivity contribution in [3.8, 4) is 11.4 Å². The Kier molecular flexibility index (Phi) is 6.84. The summed E-state index contributed by atoms with van der Waals surface area (Å²) in [5.41, 5.74) is 1.79. The Morgan fingerprint density at radius 2 is 1.97 bits per heavy atom. The van der Waals surface area contributed by atoms with E-state index in [1.165, 1.54) is 11.6 Å². The topological polar surface area (TPSA) is 74.1 Å². The fourth-order valence-electron chi connectivity index (χ4n) is 5.12. The fourth-order valence-corrected chi connectivity index (χ4v) is 5.12. The first kappa shape index (κ1) is 24.4. The average Bonchev–Trinajstić information content (AvgIpc) is 3.48. The summed E-state index contributed by atoms with van der Waals surface area (Å²) < 4.78 is 52.8. The maximum absolute atomic E-state index is 13.3. The third-order valence-electron chi connectivity index (χ3n) is 6.57. The molecule has 1 spiro atoms. The van der Waals surface area contributed by atoms with Crippen LogP contribution in [0.15, 0.2) is 48.5 Å². The number of hydrogen-bond acceptors (Lipinski definition) is 6. The molecule has 3 atom stereocenters. The zero-order chi connectivity index (χ0) is 23.1. The molecule has 3 heterocycles. The highest BCUT2D eigenvalue weighted by Gasteiger charge is 2.49. The van der Waals surface area contributed by atoms with Crippen LogP contribution >= 0.6 is 12.4 Å². The monoisotopic (exact) mass is 495 g/mol. The van der Waals surface area contributed by atoms with Crippen LogP contribution in [0.3, 0.4) is 0 Å². The first-order chi connectivity index (χ1) is 15.9. The first-order valence-corrected chi connectivity index (χ1v) is 10.9. The number of alkyl halides is 3. The summed E-state index contributed by atoms with van der Waals surface area (Å²) >= 11 is 0. The SMILES string of the molecule is COc1ccc(-n2nnnc2C(F)(F)F)cc1[C@@H]1CO[C@]2(CCCN[C@H]2c2ccccc2)C1.Cl. The number of nitrogens with zero attached hydrogens (tertiary/aromatic N) is 4. The van der Waals surface area contributed by atoms with Crippen molar-refractivity contribution < 1.29 is 22.6 Å². The normalized spacial score (nSPS) is 24.7. The molecule has 3 aromatic rings. The summed E-state index contributed by atoms with van der Waals surface area (Å²) in [4.78, 5) is 0. The summed E-state index contributed by atoms with van der Waals surface area (Å²) in [7, 11) is 1.55. The number of aromatic nitrogens is 4. The second-order valence-corrected chi connectivity index (χ2v) is 8.52. The lowest BCUT2D eigenvalue weighted by Gasteiger charge is -2.41. The number of tetrazole rings is 1. The second kappa shape index (κ2) is 9.52. The maximum atomic E-state index is 13.3. The van der Waals surface area contributed by atoms with Gasteiger partial charge in [-0.1, -0.05) is 30.3 Å². The van der Waals surface area contributed by atoms with Crippen LogP contribution in [0.2, 0.25) is 0 Å². The standard InChI is InChI=1S/C23H24F3N5O2.ClH/c1-32-19-9-8-17(31-21(23(24,25)26)28-29-30-31)12-18(19)16-13-22(33-14-16)10-5-11-27-20(22)15-6-3-2-4-7-15;/h2-4,6-9,12,16,20,27H,5,10-11,13-14H2,1H3;1H/t16-,20-,22+;/m0./s1. The smallest absolute Gasteiger partial charge is 0.453 e. The lowest BCUT2D eigenvalue weighted by molar-refractivity contribution is -0.146. The van der Waals surface area contributed by atoms with Crippen molar-refractivity contribution in [3.05, 3.63) is 65.5 Å². The predicted octanol–water partition coefficient (Wildman–Crippen LogP) is 4.48. The van der Waals surface area contributed by atoms with E-state index in [0.29, 0.717) is 17.0 Å². The summed E-state index contributed by atoms with van der Waals surface area (Å²) in [5, 5.41) is 13.6. The third-order valence-corrected chi connectivity index (χ3v) is 6.57. The molecule has 0 amide bonds. The Morgan fingerprint density at radius 3 is 2.71 bits per heavy atom. The molecule has 182 valence electrons. The molecule has 0 bridgehead atoms. The Hall–Kier alpha value is -2.69. The van der Waals surface area contributed by atoms with E-state index < -0.39 is 17.6 Å². The van der Waals surface area contributed by atoms with Crippen LogP contribution in [0.4, 0.5) is 13.2 Å². The number of methoxy groups -OCH3 is 1. The van der Waals surface area contributed by atoms with Crippen molar-refractivity contribution in [1.29, 1.82) is 0 Å². The number of ether oxygens (including phenoxy) is 2. The third kappa shape index (κ3) is 4.37. The minimum atomic E-state index is -4.67. The Balaban J connectivity index is 0.00000274. The van der Waals surface area contributed by atoms with Crippen LogP contribution < -0.4 is 10.1 Å². The van der Waals surface area contributed by atoms with Crippen LogP contribution in [0.5, 0.6) is 5.75 Å². The van der Waals surface area contributed by atoms with Gasteiger partial charge in [-0.2, -0.15) is 17.9 Å². The van der Waals surface area contributed by atoms with E-state index in [1.54, 1.807) is 19.2 Å². The molecule has 2 aromatic carbocycles. The molecule has 2 aliphatic heterocycles. The van der Waals surface area contributed by atoms with Crippen LogP contribution in [-0.2, 0) is 10.9 Å². The van der Waals surface area contributed by atoms with Crippen molar-refractivity contribution in [1.82, 2.24) is 25.5 Å². The molecule has 2 aliphatic rings. The Morgan fingerprint density at radius 1 is 1.18 bits per heavy atom.